The van der Waals surface area contributed by atoms with Gasteiger partial charge in [-0.2, -0.15) is 5.10 Å². The molecular formula is C12H13ClFN3O. The Bertz CT molecular complexity index is 544. The van der Waals surface area contributed by atoms with E-state index in [1.807, 2.05) is 6.92 Å². The van der Waals surface area contributed by atoms with E-state index in [1.165, 1.54) is 18.5 Å². The second-order valence-corrected chi connectivity index (χ2v) is 4.26. The number of aromatic nitrogens is 3. The second-order valence-electron chi connectivity index (χ2n) is 3.85. The number of rotatable bonds is 4. The molecule has 0 saturated carbocycles. The Morgan fingerprint density at radius 1 is 1.50 bits per heavy atom. The van der Waals surface area contributed by atoms with Crippen molar-refractivity contribution in [3.05, 3.63) is 46.8 Å². The van der Waals surface area contributed by atoms with E-state index in [2.05, 4.69) is 10.1 Å². The van der Waals surface area contributed by atoms with Crippen LogP contribution in [0.2, 0.25) is 5.02 Å². The Kier molecular flexibility index (Phi) is 3.93. The fourth-order valence-electron chi connectivity index (χ4n) is 1.77. The normalized spacial score (nSPS) is 12.7. The number of nitrogens with zero attached hydrogens (tertiary/aromatic N) is 3. The molecule has 2 rings (SSSR count). The summed E-state index contributed by atoms with van der Waals surface area (Å²) in [5.74, 6) is 0.0265. The minimum absolute atomic E-state index is 0.00325. The molecule has 1 heterocycles. The highest BCUT2D eigenvalue weighted by atomic mass is 35.5. The Labute approximate surface area is 109 Å². The van der Waals surface area contributed by atoms with Gasteiger partial charge in [0.05, 0.1) is 11.1 Å². The van der Waals surface area contributed by atoms with Crippen molar-refractivity contribution in [1.29, 1.82) is 0 Å². The smallest absolute Gasteiger partial charge is 0.147 e. The van der Waals surface area contributed by atoms with E-state index in [-0.39, 0.29) is 17.0 Å². The molecule has 0 radical (unpaired) electrons. The quantitative estimate of drug-likeness (QED) is 0.927. The Hall–Kier alpha value is -1.46. The first-order valence-corrected chi connectivity index (χ1v) is 6.00. The van der Waals surface area contributed by atoms with Crippen LogP contribution in [-0.2, 0) is 13.0 Å². The van der Waals surface area contributed by atoms with E-state index in [0.717, 1.165) is 0 Å². The molecule has 0 spiro atoms. The number of aliphatic hydroxyl groups is 1. The van der Waals surface area contributed by atoms with Gasteiger partial charge >= 0.3 is 0 Å². The summed E-state index contributed by atoms with van der Waals surface area (Å²) in [4.78, 5) is 4.04. The first-order chi connectivity index (χ1) is 8.63. The van der Waals surface area contributed by atoms with Crippen LogP contribution >= 0.6 is 11.6 Å². The second kappa shape index (κ2) is 5.46. The lowest BCUT2D eigenvalue weighted by molar-refractivity contribution is 0.169. The first kappa shape index (κ1) is 13.0. The average molecular weight is 270 g/mol. The highest BCUT2D eigenvalue weighted by Crippen LogP contribution is 2.25. The fourth-order valence-corrected chi connectivity index (χ4v) is 1.95. The molecule has 1 N–H and O–H groups in total. The zero-order valence-corrected chi connectivity index (χ0v) is 10.6. The largest absolute Gasteiger partial charge is 0.388 e. The molecule has 1 unspecified atom stereocenters. The van der Waals surface area contributed by atoms with Gasteiger partial charge in [0.15, 0.2) is 0 Å². The van der Waals surface area contributed by atoms with Crippen LogP contribution in [0.3, 0.4) is 0 Å². The van der Waals surface area contributed by atoms with Gasteiger partial charge in [0.2, 0.25) is 0 Å². The predicted octanol–water partition coefficient (Wildman–Crippen LogP) is 2.37. The first-order valence-electron chi connectivity index (χ1n) is 5.62. The maximum absolute atomic E-state index is 13.7. The van der Waals surface area contributed by atoms with Crippen molar-refractivity contribution in [3.63, 3.8) is 0 Å². The number of aliphatic hydroxyl groups excluding tert-OH is 1. The molecule has 96 valence electrons. The lowest BCUT2D eigenvalue weighted by atomic mass is 10.1. The van der Waals surface area contributed by atoms with Crippen LogP contribution in [-0.4, -0.2) is 19.9 Å². The standard InChI is InChI=1S/C12H13ClFN3O/c1-2-17-11(15-7-16-17)6-10(18)8-4-3-5-9(13)12(8)14/h3-5,7,10,18H,2,6H2,1H3. The van der Waals surface area contributed by atoms with Gasteiger partial charge in [-0.05, 0) is 13.0 Å². The number of halogens is 2. The zero-order chi connectivity index (χ0) is 13.1. The van der Waals surface area contributed by atoms with E-state index >= 15 is 0 Å². The molecule has 6 heteroatoms. The van der Waals surface area contributed by atoms with Gasteiger partial charge in [0, 0.05) is 18.5 Å². The molecule has 1 aromatic heterocycles. The molecular weight excluding hydrogens is 257 g/mol. The summed E-state index contributed by atoms with van der Waals surface area (Å²) in [5, 5.41) is 14.0. The third-order valence-corrected chi connectivity index (χ3v) is 3.00. The van der Waals surface area contributed by atoms with E-state index in [9.17, 15) is 9.50 Å². The van der Waals surface area contributed by atoms with Crippen LogP contribution in [0, 0.1) is 5.82 Å². The molecule has 0 aliphatic carbocycles. The molecule has 0 saturated heterocycles. The summed E-state index contributed by atoms with van der Waals surface area (Å²) in [6.45, 7) is 2.57. The minimum Gasteiger partial charge on any atom is -0.388 e. The van der Waals surface area contributed by atoms with E-state index in [4.69, 9.17) is 11.6 Å². The monoisotopic (exact) mass is 269 g/mol. The van der Waals surface area contributed by atoms with Crippen molar-refractivity contribution in [2.45, 2.75) is 26.0 Å². The molecule has 2 aromatic rings. The molecule has 4 nitrogen and oxygen atoms in total. The maximum Gasteiger partial charge on any atom is 0.147 e. The zero-order valence-electron chi connectivity index (χ0n) is 9.85. The predicted molar refractivity (Wildman–Crippen MR) is 65.8 cm³/mol. The van der Waals surface area contributed by atoms with Gasteiger partial charge in [-0.15, -0.1) is 0 Å². The molecule has 0 bridgehead atoms. The highest BCUT2D eigenvalue weighted by molar-refractivity contribution is 6.30. The fraction of sp³-hybridized carbons (Fsp3) is 0.333. The van der Waals surface area contributed by atoms with Gasteiger partial charge < -0.3 is 5.11 Å². The Morgan fingerprint density at radius 3 is 3.00 bits per heavy atom. The number of hydrogen-bond donors (Lipinski definition) is 1. The van der Waals surface area contributed by atoms with Crippen molar-refractivity contribution >= 4 is 11.6 Å². The van der Waals surface area contributed by atoms with Gasteiger partial charge in [0.1, 0.15) is 18.0 Å². The van der Waals surface area contributed by atoms with Crippen LogP contribution < -0.4 is 0 Å². The van der Waals surface area contributed by atoms with E-state index in [1.54, 1.807) is 10.7 Å². The number of hydrogen-bond acceptors (Lipinski definition) is 3. The molecule has 0 aliphatic rings. The van der Waals surface area contributed by atoms with Crippen LogP contribution in [0.5, 0.6) is 0 Å². The molecule has 1 atom stereocenters. The van der Waals surface area contributed by atoms with Gasteiger partial charge in [-0.3, -0.25) is 4.68 Å². The third-order valence-electron chi connectivity index (χ3n) is 2.71. The van der Waals surface area contributed by atoms with Crippen LogP contribution in [0.1, 0.15) is 24.4 Å². The van der Waals surface area contributed by atoms with Crippen LogP contribution in [0.4, 0.5) is 4.39 Å². The van der Waals surface area contributed by atoms with Crippen molar-refractivity contribution in [2.24, 2.45) is 0 Å². The van der Waals surface area contributed by atoms with E-state index < -0.39 is 11.9 Å². The number of benzene rings is 1. The van der Waals surface area contributed by atoms with Crippen molar-refractivity contribution in [1.82, 2.24) is 14.8 Å². The molecule has 0 fully saturated rings. The third kappa shape index (κ3) is 2.52. The molecule has 0 aliphatic heterocycles. The topological polar surface area (TPSA) is 50.9 Å². The summed E-state index contributed by atoms with van der Waals surface area (Å²) in [6, 6.07) is 4.56. The molecule has 1 aromatic carbocycles. The Balaban J connectivity index is 2.22. The molecule has 18 heavy (non-hydrogen) atoms. The highest BCUT2D eigenvalue weighted by Gasteiger charge is 2.17. The summed E-state index contributed by atoms with van der Waals surface area (Å²) in [5.41, 5.74) is 0.174. The average Bonchev–Trinajstić information content (AvgIpc) is 2.79. The van der Waals surface area contributed by atoms with Crippen LogP contribution in [0.25, 0.3) is 0 Å². The summed E-state index contributed by atoms with van der Waals surface area (Å²) < 4.78 is 15.4. The number of aryl methyl sites for hydroxylation is 1. The summed E-state index contributed by atoms with van der Waals surface area (Å²) in [7, 11) is 0. The maximum atomic E-state index is 13.7. The molecule has 0 amide bonds. The lowest BCUT2D eigenvalue weighted by Gasteiger charge is -2.12. The van der Waals surface area contributed by atoms with Gasteiger partial charge in [-0.1, -0.05) is 23.7 Å². The van der Waals surface area contributed by atoms with Crippen molar-refractivity contribution < 1.29 is 9.50 Å². The Morgan fingerprint density at radius 2 is 2.28 bits per heavy atom. The van der Waals surface area contributed by atoms with Crippen LogP contribution in [0.15, 0.2) is 24.5 Å². The lowest BCUT2D eigenvalue weighted by Crippen LogP contribution is -2.10. The summed E-state index contributed by atoms with van der Waals surface area (Å²) in [6.07, 6.45) is 0.628. The van der Waals surface area contributed by atoms with Crippen molar-refractivity contribution in [3.8, 4) is 0 Å². The van der Waals surface area contributed by atoms with Gasteiger partial charge in [0.25, 0.3) is 0 Å². The SMILES string of the molecule is CCn1ncnc1CC(O)c1cccc(Cl)c1F. The van der Waals surface area contributed by atoms with Gasteiger partial charge in [-0.25, -0.2) is 9.37 Å². The minimum atomic E-state index is -0.988. The summed E-state index contributed by atoms with van der Waals surface area (Å²) >= 11 is 5.68. The van der Waals surface area contributed by atoms with E-state index in [0.29, 0.717) is 12.4 Å². The van der Waals surface area contributed by atoms with Crippen molar-refractivity contribution in [2.75, 3.05) is 0 Å².